The van der Waals surface area contributed by atoms with E-state index in [0.717, 1.165) is 24.2 Å². The van der Waals surface area contributed by atoms with Crippen LogP contribution in [-0.4, -0.2) is 23.5 Å². The molecule has 0 aliphatic heterocycles. The molecule has 0 fully saturated rings. The lowest BCUT2D eigenvalue weighted by atomic mass is 10.1. The Morgan fingerprint density at radius 1 is 1.11 bits per heavy atom. The maximum absolute atomic E-state index is 11.7. The van der Waals surface area contributed by atoms with E-state index >= 15 is 0 Å². The number of hydrogen-bond acceptors (Lipinski definition) is 3. The van der Waals surface area contributed by atoms with Crippen molar-refractivity contribution in [3.8, 4) is 0 Å². The van der Waals surface area contributed by atoms with Crippen LogP contribution in [0.3, 0.4) is 0 Å². The zero-order chi connectivity index (χ0) is 14.1. The maximum Gasteiger partial charge on any atom is 0.345 e. The van der Waals surface area contributed by atoms with Gasteiger partial charge in [0.1, 0.15) is 4.88 Å². The third-order valence-electron chi connectivity index (χ3n) is 2.86. The minimum Gasteiger partial charge on any atom is -0.477 e. The fourth-order valence-corrected chi connectivity index (χ4v) is 2.53. The Morgan fingerprint density at radius 2 is 1.74 bits per heavy atom. The van der Waals surface area contributed by atoms with Crippen molar-refractivity contribution >= 4 is 23.2 Å². The Labute approximate surface area is 117 Å². The first kappa shape index (κ1) is 15.7. The number of carboxylic acid groups (broad SMARTS) is 1. The molecule has 4 nitrogen and oxygen atoms in total. The van der Waals surface area contributed by atoms with E-state index in [0.29, 0.717) is 11.4 Å². The topological polar surface area (TPSA) is 66.4 Å². The number of aromatic carboxylic acids is 1. The molecule has 0 saturated carbocycles. The molecule has 0 saturated heterocycles. The Bertz CT molecular complexity index is 415. The summed E-state index contributed by atoms with van der Waals surface area (Å²) in [5.41, 5.74) is 0. The highest BCUT2D eigenvalue weighted by atomic mass is 32.1. The number of unbranched alkanes of at least 4 members (excludes halogenated alkanes) is 5. The molecule has 2 N–H and O–H groups in total. The molecule has 0 spiro atoms. The monoisotopic (exact) mass is 283 g/mol. The molecule has 106 valence electrons. The number of carboxylic acids is 1. The molecular weight excluding hydrogens is 262 g/mol. The van der Waals surface area contributed by atoms with Gasteiger partial charge in [-0.05, 0) is 18.6 Å². The number of carbonyl (C=O) groups is 2. The van der Waals surface area contributed by atoms with E-state index < -0.39 is 5.97 Å². The van der Waals surface area contributed by atoms with Crippen LogP contribution in [0.2, 0.25) is 0 Å². The molecule has 0 unspecified atom stereocenters. The molecule has 0 atom stereocenters. The van der Waals surface area contributed by atoms with Gasteiger partial charge in [-0.15, -0.1) is 11.3 Å². The van der Waals surface area contributed by atoms with Crippen LogP contribution in [0.4, 0.5) is 0 Å². The van der Waals surface area contributed by atoms with Crippen LogP contribution >= 0.6 is 11.3 Å². The number of nitrogens with one attached hydrogen (secondary N) is 1. The molecule has 5 heteroatoms. The Hall–Kier alpha value is -1.36. The summed E-state index contributed by atoms with van der Waals surface area (Å²) in [5.74, 6) is -1.16. The SMILES string of the molecule is CCCCCCCCNC(=O)c1ccc(C(=O)O)s1. The van der Waals surface area contributed by atoms with Crippen molar-refractivity contribution in [3.05, 3.63) is 21.9 Å². The van der Waals surface area contributed by atoms with E-state index in [1.807, 2.05) is 0 Å². The normalized spacial score (nSPS) is 10.4. The first-order valence-electron chi connectivity index (χ1n) is 6.76. The van der Waals surface area contributed by atoms with Gasteiger partial charge in [0.05, 0.1) is 4.88 Å². The zero-order valence-electron chi connectivity index (χ0n) is 11.3. The average molecular weight is 283 g/mol. The first-order chi connectivity index (χ1) is 9.15. The fourth-order valence-electron chi connectivity index (χ4n) is 1.77. The maximum atomic E-state index is 11.7. The fraction of sp³-hybridized carbons (Fsp3) is 0.571. The van der Waals surface area contributed by atoms with Crippen molar-refractivity contribution in [3.63, 3.8) is 0 Å². The summed E-state index contributed by atoms with van der Waals surface area (Å²) >= 11 is 1.01. The van der Waals surface area contributed by atoms with Crippen molar-refractivity contribution in [1.82, 2.24) is 5.32 Å². The highest BCUT2D eigenvalue weighted by Gasteiger charge is 2.11. The van der Waals surface area contributed by atoms with E-state index in [9.17, 15) is 9.59 Å². The lowest BCUT2D eigenvalue weighted by Gasteiger charge is -2.03. The van der Waals surface area contributed by atoms with Gasteiger partial charge in [0.25, 0.3) is 5.91 Å². The molecule has 0 aromatic carbocycles. The summed E-state index contributed by atoms with van der Waals surface area (Å²) in [6, 6.07) is 3.03. The van der Waals surface area contributed by atoms with Gasteiger partial charge in [0, 0.05) is 6.54 Å². The molecule has 1 amide bonds. The van der Waals surface area contributed by atoms with Crippen molar-refractivity contribution < 1.29 is 14.7 Å². The number of hydrogen-bond donors (Lipinski definition) is 2. The molecular formula is C14H21NO3S. The van der Waals surface area contributed by atoms with Gasteiger partial charge in [0.2, 0.25) is 0 Å². The smallest absolute Gasteiger partial charge is 0.345 e. The van der Waals surface area contributed by atoms with Gasteiger partial charge >= 0.3 is 5.97 Å². The van der Waals surface area contributed by atoms with E-state index in [4.69, 9.17) is 5.11 Å². The molecule has 0 aliphatic carbocycles. The van der Waals surface area contributed by atoms with E-state index in [1.165, 1.54) is 31.7 Å². The predicted molar refractivity (Wildman–Crippen MR) is 77.0 cm³/mol. The van der Waals surface area contributed by atoms with Crippen molar-refractivity contribution in [2.24, 2.45) is 0 Å². The standard InChI is InChI=1S/C14H21NO3S/c1-2-3-4-5-6-7-10-15-13(16)11-8-9-12(19-11)14(17)18/h8-9H,2-7,10H2,1H3,(H,15,16)(H,17,18). The van der Waals surface area contributed by atoms with Crippen molar-refractivity contribution in [2.45, 2.75) is 45.4 Å². The second-order valence-corrected chi connectivity index (χ2v) is 5.58. The second kappa shape index (κ2) is 8.69. The van der Waals surface area contributed by atoms with E-state index in [1.54, 1.807) is 6.07 Å². The van der Waals surface area contributed by atoms with Gasteiger partial charge in [-0.3, -0.25) is 4.79 Å². The Balaban J connectivity index is 2.18. The summed E-state index contributed by atoms with van der Waals surface area (Å²) < 4.78 is 0. The largest absolute Gasteiger partial charge is 0.477 e. The van der Waals surface area contributed by atoms with Crippen LogP contribution in [0.15, 0.2) is 12.1 Å². The third-order valence-corrected chi connectivity index (χ3v) is 3.93. The Morgan fingerprint density at radius 3 is 2.37 bits per heavy atom. The molecule has 0 bridgehead atoms. The van der Waals surface area contributed by atoms with E-state index in [-0.39, 0.29) is 10.8 Å². The second-order valence-electron chi connectivity index (χ2n) is 4.49. The van der Waals surface area contributed by atoms with E-state index in [2.05, 4.69) is 12.2 Å². The quantitative estimate of drug-likeness (QED) is 0.681. The third kappa shape index (κ3) is 5.87. The van der Waals surface area contributed by atoms with Crippen molar-refractivity contribution in [2.75, 3.05) is 6.54 Å². The zero-order valence-corrected chi connectivity index (χ0v) is 12.1. The summed E-state index contributed by atoms with van der Waals surface area (Å²) in [6.45, 7) is 2.85. The summed E-state index contributed by atoms with van der Waals surface area (Å²) in [4.78, 5) is 23.1. The molecule has 1 heterocycles. The minimum absolute atomic E-state index is 0.175. The summed E-state index contributed by atoms with van der Waals surface area (Å²) in [5, 5.41) is 11.6. The van der Waals surface area contributed by atoms with Crippen LogP contribution in [-0.2, 0) is 0 Å². The average Bonchev–Trinajstić information content (AvgIpc) is 2.87. The van der Waals surface area contributed by atoms with Gasteiger partial charge in [-0.2, -0.15) is 0 Å². The number of amides is 1. The highest BCUT2D eigenvalue weighted by molar-refractivity contribution is 7.15. The van der Waals surface area contributed by atoms with Gasteiger partial charge < -0.3 is 10.4 Å². The van der Waals surface area contributed by atoms with Gasteiger partial charge in [0.15, 0.2) is 0 Å². The van der Waals surface area contributed by atoms with Gasteiger partial charge in [-0.1, -0.05) is 39.0 Å². The van der Waals surface area contributed by atoms with Crippen molar-refractivity contribution in [1.29, 1.82) is 0 Å². The predicted octanol–water partition coefficient (Wildman–Crippen LogP) is 3.54. The molecule has 1 rings (SSSR count). The number of thiophene rings is 1. The lowest BCUT2D eigenvalue weighted by Crippen LogP contribution is -2.23. The summed E-state index contributed by atoms with van der Waals surface area (Å²) in [6.07, 6.45) is 7.10. The van der Waals surface area contributed by atoms with Crippen LogP contribution in [0.5, 0.6) is 0 Å². The number of rotatable bonds is 9. The highest BCUT2D eigenvalue weighted by Crippen LogP contribution is 2.16. The molecule has 19 heavy (non-hydrogen) atoms. The minimum atomic E-state index is -0.986. The van der Waals surface area contributed by atoms with Crippen LogP contribution in [0.1, 0.15) is 64.8 Å². The van der Waals surface area contributed by atoms with Gasteiger partial charge in [-0.25, -0.2) is 4.79 Å². The molecule has 0 radical (unpaired) electrons. The molecule has 1 aromatic heterocycles. The molecule has 0 aliphatic rings. The Kier molecular flexibility index (Phi) is 7.18. The summed E-state index contributed by atoms with van der Waals surface area (Å²) in [7, 11) is 0. The lowest BCUT2D eigenvalue weighted by molar-refractivity contribution is 0.0702. The molecule has 1 aromatic rings. The van der Waals surface area contributed by atoms with Crippen LogP contribution in [0.25, 0.3) is 0 Å². The van der Waals surface area contributed by atoms with Crippen LogP contribution in [0, 0.1) is 0 Å². The number of carbonyl (C=O) groups excluding carboxylic acids is 1. The van der Waals surface area contributed by atoms with Crippen LogP contribution < -0.4 is 5.32 Å². The first-order valence-corrected chi connectivity index (χ1v) is 7.58.